The fraction of sp³-hybridized carbons (Fsp3) is 0.333. The number of amides is 2. The lowest BCUT2D eigenvalue weighted by molar-refractivity contribution is -0.142. The highest BCUT2D eigenvalue weighted by Gasteiger charge is 2.24. The van der Waals surface area contributed by atoms with Gasteiger partial charge < -0.3 is 19.7 Å². The van der Waals surface area contributed by atoms with Gasteiger partial charge in [-0.3, -0.25) is 9.59 Å². The summed E-state index contributed by atoms with van der Waals surface area (Å²) in [4.78, 5) is 36.0. The van der Waals surface area contributed by atoms with Crippen molar-refractivity contribution in [2.24, 2.45) is 0 Å². The van der Waals surface area contributed by atoms with Crippen LogP contribution < -0.4 is 4.90 Å². The Morgan fingerprint density at radius 2 is 1.49 bits per heavy atom. The first-order chi connectivity index (χ1) is 18.8. The normalized spacial score (nSPS) is 11.1. The highest BCUT2D eigenvalue weighted by atomic mass is 16.2. The number of aryl methyl sites for hydroxylation is 1. The number of anilines is 1. The summed E-state index contributed by atoms with van der Waals surface area (Å²) in [6.45, 7) is 5.10. The van der Waals surface area contributed by atoms with E-state index in [0.717, 1.165) is 28.8 Å². The first-order valence-corrected chi connectivity index (χ1v) is 13.7. The smallest absolute Gasteiger partial charge is 0.242 e. The molecular formula is C33H40N4O2. The molecule has 3 aromatic carbocycles. The van der Waals surface area contributed by atoms with Crippen LogP contribution in [-0.4, -0.2) is 59.8 Å². The van der Waals surface area contributed by atoms with Gasteiger partial charge in [0.2, 0.25) is 11.8 Å². The summed E-state index contributed by atoms with van der Waals surface area (Å²) in [5.41, 5.74) is 5.60. The number of nitrogens with zero attached hydrogens (tertiary/aromatic N) is 3. The summed E-state index contributed by atoms with van der Waals surface area (Å²) in [6, 6.07) is 26.5. The minimum Gasteiger partial charge on any atom is -0.378 e. The van der Waals surface area contributed by atoms with Gasteiger partial charge in [-0.2, -0.15) is 0 Å². The number of aromatic nitrogens is 1. The van der Waals surface area contributed by atoms with Gasteiger partial charge >= 0.3 is 0 Å². The van der Waals surface area contributed by atoms with Crippen LogP contribution in [0.25, 0.3) is 10.9 Å². The van der Waals surface area contributed by atoms with Gasteiger partial charge in [0, 0.05) is 62.4 Å². The second-order valence-corrected chi connectivity index (χ2v) is 10.6. The summed E-state index contributed by atoms with van der Waals surface area (Å²) >= 11 is 0. The van der Waals surface area contributed by atoms with E-state index in [2.05, 4.69) is 46.3 Å². The fourth-order valence-electron chi connectivity index (χ4n) is 4.85. The molecule has 0 bridgehead atoms. The van der Waals surface area contributed by atoms with Gasteiger partial charge in [-0.1, -0.05) is 60.7 Å². The summed E-state index contributed by atoms with van der Waals surface area (Å²) in [5.74, 6) is -0.0255. The second-order valence-electron chi connectivity index (χ2n) is 10.6. The van der Waals surface area contributed by atoms with Crippen LogP contribution in [0.5, 0.6) is 0 Å². The number of fused-ring (bicyclic) bond motifs is 1. The van der Waals surface area contributed by atoms with Crippen LogP contribution in [-0.2, 0) is 29.0 Å². The molecule has 0 atom stereocenters. The lowest BCUT2D eigenvalue weighted by atomic mass is 10.1. The Balaban J connectivity index is 1.48. The number of carbonyl (C=O) groups excluding carboxylic acids is 2. The van der Waals surface area contributed by atoms with Crippen LogP contribution in [0.1, 0.15) is 37.0 Å². The largest absolute Gasteiger partial charge is 0.378 e. The molecule has 0 aliphatic carbocycles. The minimum atomic E-state index is -0.0629. The number of hydrogen-bond donors (Lipinski definition) is 1. The van der Waals surface area contributed by atoms with Crippen molar-refractivity contribution < 1.29 is 9.59 Å². The quantitative estimate of drug-likeness (QED) is 0.260. The molecule has 0 radical (unpaired) electrons. The molecule has 39 heavy (non-hydrogen) atoms. The van der Waals surface area contributed by atoms with Crippen molar-refractivity contribution >= 4 is 28.4 Å². The zero-order valence-corrected chi connectivity index (χ0v) is 23.6. The SMILES string of the molecule is CC(C)N(CC(=O)N(CCc1c[nH]c2ccccc12)Cc1ccc(N(C)C)cc1)C(=O)CCc1ccccc1. The molecule has 4 aromatic rings. The molecule has 6 nitrogen and oxygen atoms in total. The van der Waals surface area contributed by atoms with Gasteiger partial charge in [0.15, 0.2) is 0 Å². The number of nitrogens with one attached hydrogen (secondary N) is 1. The standard InChI is InChI=1S/C33H40N4O2/c1-25(2)37(32(38)19-16-26-10-6-5-7-11-26)24-33(39)36(23-27-14-17-29(18-15-27)35(3)4)21-20-28-22-34-31-13-9-8-12-30(28)31/h5-15,17-18,22,25,34H,16,19-21,23-24H2,1-4H3. The number of aromatic amines is 1. The number of rotatable bonds is 12. The Bertz CT molecular complexity index is 1360. The van der Waals surface area contributed by atoms with Gasteiger partial charge in [-0.25, -0.2) is 0 Å². The van der Waals surface area contributed by atoms with E-state index < -0.39 is 0 Å². The van der Waals surface area contributed by atoms with Crippen LogP contribution in [0.4, 0.5) is 5.69 Å². The van der Waals surface area contributed by atoms with E-state index in [1.165, 1.54) is 10.9 Å². The average Bonchev–Trinajstić information content (AvgIpc) is 3.36. The van der Waals surface area contributed by atoms with E-state index in [1.807, 2.05) is 81.5 Å². The molecule has 2 amide bonds. The summed E-state index contributed by atoms with van der Waals surface area (Å²) in [6.07, 6.45) is 3.82. The molecule has 0 aliphatic rings. The molecule has 0 unspecified atom stereocenters. The van der Waals surface area contributed by atoms with Crippen molar-refractivity contribution in [1.82, 2.24) is 14.8 Å². The summed E-state index contributed by atoms with van der Waals surface area (Å²) in [5, 5.41) is 1.18. The Kier molecular flexibility index (Phi) is 9.42. The fourth-order valence-corrected chi connectivity index (χ4v) is 4.85. The van der Waals surface area contributed by atoms with Crippen molar-refractivity contribution in [3.63, 3.8) is 0 Å². The number of benzene rings is 3. The highest BCUT2D eigenvalue weighted by Crippen LogP contribution is 2.20. The Labute approximate surface area is 232 Å². The Morgan fingerprint density at radius 3 is 2.18 bits per heavy atom. The minimum absolute atomic E-state index is 0.00844. The Hall–Kier alpha value is -4.06. The maximum absolute atomic E-state index is 13.8. The lowest BCUT2D eigenvalue weighted by Crippen LogP contribution is -2.46. The molecule has 0 aliphatic heterocycles. The van der Waals surface area contributed by atoms with Crippen molar-refractivity contribution in [2.75, 3.05) is 32.1 Å². The Morgan fingerprint density at radius 1 is 0.795 bits per heavy atom. The van der Waals surface area contributed by atoms with Crippen LogP contribution in [0.15, 0.2) is 85.1 Å². The number of carbonyl (C=O) groups is 2. The maximum atomic E-state index is 13.8. The van der Waals surface area contributed by atoms with E-state index in [9.17, 15) is 9.59 Å². The van der Waals surface area contributed by atoms with Crippen LogP contribution in [0.2, 0.25) is 0 Å². The first kappa shape index (κ1) is 28.0. The molecule has 0 saturated heterocycles. The topological polar surface area (TPSA) is 59.7 Å². The molecule has 0 saturated carbocycles. The van der Waals surface area contributed by atoms with Gasteiger partial charge in [0.05, 0.1) is 6.54 Å². The predicted octanol–water partition coefficient (Wildman–Crippen LogP) is 5.68. The highest BCUT2D eigenvalue weighted by molar-refractivity contribution is 5.86. The third-order valence-corrected chi connectivity index (χ3v) is 7.22. The first-order valence-electron chi connectivity index (χ1n) is 13.7. The molecule has 1 N–H and O–H groups in total. The monoisotopic (exact) mass is 524 g/mol. The number of H-pyrrole nitrogens is 1. The average molecular weight is 525 g/mol. The maximum Gasteiger partial charge on any atom is 0.242 e. The van der Waals surface area contributed by atoms with Crippen molar-refractivity contribution in [1.29, 1.82) is 0 Å². The van der Waals surface area contributed by atoms with Crippen molar-refractivity contribution in [3.05, 3.63) is 102 Å². The molecular weight excluding hydrogens is 484 g/mol. The van der Waals surface area contributed by atoms with Gasteiger partial charge in [-0.05, 0) is 61.6 Å². The van der Waals surface area contributed by atoms with E-state index >= 15 is 0 Å². The third kappa shape index (κ3) is 7.50. The molecule has 1 aromatic heterocycles. The van der Waals surface area contributed by atoms with Gasteiger partial charge in [0.25, 0.3) is 0 Å². The summed E-state index contributed by atoms with van der Waals surface area (Å²) < 4.78 is 0. The third-order valence-electron chi connectivity index (χ3n) is 7.22. The predicted molar refractivity (Wildman–Crippen MR) is 160 cm³/mol. The molecule has 4 rings (SSSR count). The zero-order chi connectivity index (χ0) is 27.8. The summed E-state index contributed by atoms with van der Waals surface area (Å²) in [7, 11) is 4.03. The van der Waals surface area contributed by atoms with Gasteiger partial charge in [0.1, 0.15) is 0 Å². The number of para-hydroxylation sites is 1. The molecule has 0 fully saturated rings. The molecule has 1 heterocycles. The van der Waals surface area contributed by atoms with Crippen molar-refractivity contribution in [3.8, 4) is 0 Å². The number of hydrogen-bond acceptors (Lipinski definition) is 3. The lowest BCUT2D eigenvalue weighted by Gasteiger charge is -2.30. The van der Waals surface area contributed by atoms with Crippen LogP contribution in [0, 0.1) is 0 Å². The van der Waals surface area contributed by atoms with Crippen LogP contribution >= 0.6 is 0 Å². The van der Waals surface area contributed by atoms with Gasteiger partial charge in [-0.15, -0.1) is 0 Å². The molecule has 204 valence electrons. The van der Waals surface area contributed by atoms with E-state index in [1.54, 1.807) is 4.90 Å². The van der Waals surface area contributed by atoms with Crippen molar-refractivity contribution in [2.45, 2.75) is 45.7 Å². The molecule has 0 spiro atoms. The van der Waals surface area contributed by atoms with E-state index in [0.29, 0.717) is 25.9 Å². The second kappa shape index (κ2) is 13.1. The van der Waals surface area contributed by atoms with E-state index in [4.69, 9.17) is 0 Å². The van der Waals surface area contributed by atoms with Crippen LogP contribution in [0.3, 0.4) is 0 Å². The zero-order valence-electron chi connectivity index (χ0n) is 23.6. The molecule has 6 heteroatoms. The van der Waals surface area contributed by atoms with E-state index in [-0.39, 0.29) is 24.4 Å².